The van der Waals surface area contributed by atoms with Crippen LogP contribution in [0.5, 0.6) is 0 Å². The van der Waals surface area contributed by atoms with E-state index in [0.717, 1.165) is 41.9 Å². The number of nitrogens with two attached hydrogens (primary N) is 1. The molecule has 0 saturated heterocycles. The van der Waals surface area contributed by atoms with Crippen molar-refractivity contribution >= 4 is 5.69 Å². The van der Waals surface area contributed by atoms with Crippen LogP contribution in [0, 0.1) is 23.7 Å². The van der Waals surface area contributed by atoms with E-state index >= 15 is 0 Å². The molecule has 3 aliphatic carbocycles. The Morgan fingerprint density at radius 2 is 1.72 bits per heavy atom. The van der Waals surface area contributed by atoms with Crippen LogP contribution in [0.15, 0.2) is 18.2 Å². The Labute approximate surface area is 108 Å². The molecule has 0 aromatic heterocycles. The molecular formula is C16H20N2. The summed E-state index contributed by atoms with van der Waals surface area (Å²) < 4.78 is 0. The Hall–Kier alpha value is -1.02. The van der Waals surface area contributed by atoms with Gasteiger partial charge >= 0.3 is 0 Å². The number of nitrogens with zero attached hydrogens (tertiary/aromatic N) is 1. The zero-order valence-corrected chi connectivity index (χ0v) is 10.7. The van der Waals surface area contributed by atoms with Crippen LogP contribution >= 0.6 is 0 Å². The first-order valence-electron chi connectivity index (χ1n) is 7.42. The van der Waals surface area contributed by atoms with E-state index in [1.165, 1.54) is 30.5 Å². The Morgan fingerprint density at radius 1 is 1.00 bits per heavy atom. The molecule has 1 aromatic rings. The van der Waals surface area contributed by atoms with E-state index in [2.05, 4.69) is 23.1 Å². The smallest absolute Gasteiger partial charge is 0.0317 e. The van der Waals surface area contributed by atoms with Crippen LogP contribution in [0.3, 0.4) is 0 Å². The minimum absolute atomic E-state index is 0.921. The number of anilines is 1. The van der Waals surface area contributed by atoms with E-state index in [9.17, 15) is 0 Å². The van der Waals surface area contributed by atoms with E-state index in [4.69, 9.17) is 5.73 Å². The van der Waals surface area contributed by atoms with Crippen molar-refractivity contribution in [2.75, 3.05) is 5.73 Å². The van der Waals surface area contributed by atoms with Crippen molar-refractivity contribution in [1.29, 1.82) is 0 Å². The molecule has 1 heterocycles. The standard InChI is InChI=1S/C16H20N2/c17-13-4-3-11-7-18(8-12(11)6-13)16-14-9-1-2-10(5-9)15(14)16/h3-4,6,9-10,14-16H,1-2,5,7-8,17H2. The molecule has 5 rings (SSSR count). The molecular weight excluding hydrogens is 220 g/mol. The molecule has 4 aliphatic rings. The predicted molar refractivity (Wildman–Crippen MR) is 71.7 cm³/mol. The molecule has 2 heteroatoms. The zero-order chi connectivity index (χ0) is 11.9. The summed E-state index contributed by atoms with van der Waals surface area (Å²) >= 11 is 0. The highest BCUT2D eigenvalue weighted by Gasteiger charge is 2.66. The lowest BCUT2D eigenvalue weighted by molar-refractivity contribution is 0.224. The quantitative estimate of drug-likeness (QED) is 0.765. The highest BCUT2D eigenvalue weighted by atomic mass is 15.2. The average Bonchev–Trinajstić information content (AvgIpc) is 2.75. The lowest BCUT2D eigenvalue weighted by Gasteiger charge is -2.19. The van der Waals surface area contributed by atoms with Gasteiger partial charge in [-0.3, -0.25) is 4.90 Å². The van der Waals surface area contributed by atoms with Crippen LogP contribution in [-0.4, -0.2) is 10.9 Å². The average molecular weight is 240 g/mol. The summed E-state index contributed by atoms with van der Waals surface area (Å²) in [5.41, 5.74) is 9.81. The Morgan fingerprint density at radius 3 is 2.50 bits per heavy atom. The second-order valence-corrected chi connectivity index (χ2v) is 6.91. The number of hydrogen-bond acceptors (Lipinski definition) is 2. The fourth-order valence-electron chi connectivity index (χ4n) is 5.42. The van der Waals surface area contributed by atoms with Crippen molar-refractivity contribution in [1.82, 2.24) is 4.90 Å². The van der Waals surface area contributed by atoms with Gasteiger partial charge in [0.1, 0.15) is 0 Å². The summed E-state index contributed by atoms with van der Waals surface area (Å²) in [5, 5.41) is 0. The van der Waals surface area contributed by atoms with Gasteiger partial charge in [0.25, 0.3) is 0 Å². The van der Waals surface area contributed by atoms with Crippen molar-refractivity contribution in [2.24, 2.45) is 23.7 Å². The van der Waals surface area contributed by atoms with E-state index in [-0.39, 0.29) is 0 Å². The molecule has 3 saturated carbocycles. The Kier molecular flexibility index (Phi) is 1.70. The molecule has 2 N–H and O–H groups in total. The van der Waals surface area contributed by atoms with Gasteiger partial charge in [0.2, 0.25) is 0 Å². The number of benzene rings is 1. The van der Waals surface area contributed by atoms with Gasteiger partial charge in [-0.15, -0.1) is 0 Å². The predicted octanol–water partition coefficient (Wildman–Crippen LogP) is 2.63. The van der Waals surface area contributed by atoms with Crippen LogP contribution in [0.2, 0.25) is 0 Å². The van der Waals surface area contributed by atoms with Gasteiger partial charge in [-0.25, -0.2) is 0 Å². The van der Waals surface area contributed by atoms with Gasteiger partial charge in [0, 0.05) is 24.8 Å². The molecule has 0 radical (unpaired) electrons. The second kappa shape index (κ2) is 3.11. The summed E-state index contributed by atoms with van der Waals surface area (Å²) in [5.74, 6) is 4.29. The van der Waals surface area contributed by atoms with Crippen LogP contribution in [0.1, 0.15) is 30.4 Å². The van der Waals surface area contributed by atoms with Crippen LogP contribution in [-0.2, 0) is 13.1 Å². The largest absolute Gasteiger partial charge is 0.399 e. The summed E-state index contributed by atoms with van der Waals surface area (Å²) in [6.07, 6.45) is 4.60. The summed E-state index contributed by atoms with van der Waals surface area (Å²) in [4.78, 5) is 2.74. The third-order valence-corrected chi connectivity index (χ3v) is 6.09. The van der Waals surface area contributed by atoms with E-state index in [1.807, 2.05) is 0 Å². The third-order valence-electron chi connectivity index (χ3n) is 6.09. The first-order chi connectivity index (χ1) is 8.81. The first kappa shape index (κ1) is 9.85. The lowest BCUT2D eigenvalue weighted by atomic mass is 10.0. The fourth-order valence-corrected chi connectivity index (χ4v) is 5.42. The van der Waals surface area contributed by atoms with Gasteiger partial charge < -0.3 is 5.73 Å². The highest BCUT2D eigenvalue weighted by Crippen LogP contribution is 2.67. The van der Waals surface area contributed by atoms with Gasteiger partial charge in [-0.05, 0) is 66.2 Å². The maximum atomic E-state index is 5.90. The van der Waals surface area contributed by atoms with Crippen LogP contribution < -0.4 is 5.73 Å². The van der Waals surface area contributed by atoms with Gasteiger partial charge in [0.15, 0.2) is 0 Å². The van der Waals surface area contributed by atoms with E-state index in [1.54, 1.807) is 6.42 Å². The topological polar surface area (TPSA) is 29.3 Å². The normalized spacial score (nSPS) is 44.1. The Balaban J connectivity index is 1.40. The number of nitrogen functional groups attached to an aromatic ring is 1. The summed E-state index contributed by atoms with van der Waals surface area (Å²) in [6.45, 7) is 2.32. The number of hydrogen-bond donors (Lipinski definition) is 1. The SMILES string of the molecule is Nc1ccc2c(c1)CN(C1C3C4CCC(C4)C31)C2. The minimum atomic E-state index is 0.921. The molecule has 0 amide bonds. The highest BCUT2D eigenvalue weighted by molar-refractivity contribution is 5.46. The van der Waals surface area contributed by atoms with Gasteiger partial charge in [-0.1, -0.05) is 6.07 Å². The first-order valence-corrected chi connectivity index (χ1v) is 7.42. The Bertz CT molecular complexity index is 508. The van der Waals surface area contributed by atoms with Gasteiger partial charge in [0.05, 0.1) is 0 Å². The molecule has 18 heavy (non-hydrogen) atoms. The minimum Gasteiger partial charge on any atom is -0.399 e. The molecule has 4 unspecified atom stereocenters. The number of fused-ring (bicyclic) bond motifs is 6. The third kappa shape index (κ3) is 1.13. The molecule has 94 valence electrons. The van der Waals surface area contributed by atoms with Gasteiger partial charge in [-0.2, -0.15) is 0 Å². The maximum Gasteiger partial charge on any atom is 0.0317 e. The zero-order valence-electron chi connectivity index (χ0n) is 10.7. The van der Waals surface area contributed by atoms with Crippen LogP contribution in [0.25, 0.3) is 0 Å². The molecule has 1 aromatic carbocycles. The van der Waals surface area contributed by atoms with Crippen molar-refractivity contribution in [3.63, 3.8) is 0 Å². The lowest BCUT2D eigenvalue weighted by Crippen LogP contribution is -2.24. The summed E-state index contributed by atoms with van der Waals surface area (Å²) in [7, 11) is 0. The molecule has 1 aliphatic heterocycles. The molecule has 4 atom stereocenters. The van der Waals surface area contributed by atoms with Crippen molar-refractivity contribution in [3.8, 4) is 0 Å². The van der Waals surface area contributed by atoms with Crippen molar-refractivity contribution in [3.05, 3.63) is 29.3 Å². The molecule has 2 nitrogen and oxygen atoms in total. The molecule has 3 fully saturated rings. The monoisotopic (exact) mass is 240 g/mol. The van der Waals surface area contributed by atoms with E-state index < -0.39 is 0 Å². The van der Waals surface area contributed by atoms with E-state index in [0.29, 0.717) is 0 Å². The number of rotatable bonds is 1. The summed E-state index contributed by atoms with van der Waals surface area (Å²) in [6, 6.07) is 7.39. The van der Waals surface area contributed by atoms with Crippen molar-refractivity contribution in [2.45, 2.75) is 38.4 Å². The molecule has 0 spiro atoms. The maximum absolute atomic E-state index is 5.90. The fraction of sp³-hybridized carbons (Fsp3) is 0.625. The molecule has 2 bridgehead atoms. The van der Waals surface area contributed by atoms with Crippen LogP contribution in [0.4, 0.5) is 5.69 Å². The second-order valence-electron chi connectivity index (χ2n) is 6.91. The van der Waals surface area contributed by atoms with Crippen molar-refractivity contribution < 1.29 is 0 Å².